The standard InChI is InChI=1S/C23H31N3O4S/c1-25(2)31(28,29)21-9-7-8-19(16-21)24-23(27)17-26-15-6-4-5-10-22(26)18-11-13-20(30-3)14-12-18/h7-9,11-14,16,22H,4-6,10,15,17H2,1-3H3,(H,24,27)/t22-/m0/s1. The van der Waals surface area contributed by atoms with E-state index in [0.29, 0.717) is 5.69 Å². The zero-order valence-electron chi connectivity index (χ0n) is 18.4. The molecule has 2 aromatic carbocycles. The molecule has 7 nitrogen and oxygen atoms in total. The molecule has 0 radical (unpaired) electrons. The largest absolute Gasteiger partial charge is 0.497 e. The molecule has 1 saturated heterocycles. The van der Waals surface area contributed by atoms with Gasteiger partial charge in [-0.05, 0) is 55.3 Å². The predicted octanol–water partition coefficient (Wildman–Crippen LogP) is 3.50. The van der Waals surface area contributed by atoms with Gasteiger partial charge in [0.05, 0.1) is 18.6 Å². The van der Waals surface area contributed by atoms with E-state index in [4.69, 9.17) is 4.74 Å². The number of carbonyl (C=O) groups excluding carboxylic acids is 1. The summed E-state index contributed by atoms with van der Waals surface area (Å²) in [5, 5.41) is 2.87. The molecular weight excluding hydrogens is 414 g/mol. The predicted molar refractivity (Wildman–Crippen MR) is 122 cm³/mol. The quantitative estimate of drug-likeness (QED) is 0.706. The summed E-state index contributed by atoms with van der Waals surface area (Å²) in [7, 11) is 1.06. The van der Waals surface area contributed by atoms with Crippen LogP contribution in [0.5, 0.6) is 5.75 Å². The number of ether oxygens (including phenoxy) is 1. The maximum Gasteiger partial charge on any atom is 0.242 e. The van der Waals surface area contributed by atoms with Gasteiger partial charge in [-0.2, -0.15) is 0 Å². The van der Waals surface area contributed by atoms with E-state index in [9.17, 15) is 13.2 Å². The molecule has 1 aliphatic rings. The third-order valence-corrected chi connectivity index (χ3v) is 7.42. The van der Waals surface area contributed by atoms with Gasteiger partial charge in [0.2, 0.25) is 15.9 Å². The van der Waals surface area contributed by atoms with Crippen LogP contribution in [0.3, 0.4) is 0 Å². The van der Waals surface area contributed by atoms with E-state index in [2.05, 4.69) is 22.3 Å². The molecule has 0 saturated carbocycles. The third-order valence-electron chi connectivity index (χ3n) is 5.61. The molecule has 1 amide bonds. The van der Waals surface area contributed by atoms with Crippen LogP contribution in [0.4, 0.5) is 5.69 Å². The molecule has 1 N–H and O–H groups in total. The normalized spacial score (nSPS) is 17.9. The van der Waals surface area contributed by atoms with Crippen molar-refractivity contribution in [3.8, 4) is 5.75 Å². The number of methoxy groups -OCH3 is 1. The van der Waals surface area contributed by atoms with Crippen molar-refractivity contribution in [2.24, 2.45) is 0 Å². The summed E-state index contributed by atoms with van der Waals surface area (Å²) in [6, 6.07) is 14.6. The van der Waals surface area contributed by atoms with Gasteiger partial charge in [0.15, 0.2) is 0 Å². The topological polar surface area (TPSA) is 79.0 Å². The summed E-state index contributed by atoms with van der Waals surface area (Å²) in [6.07, 6.45) is 4.32. The van der Waals surface area contributed by atoms with Gasteiger partial charge in [0.1, 0.15) is 5.75 Å². The number of sulfonamides is 1. The smallest absolute Gasteiger partial charge is 0.242 e. The molecular formula is C23H31N3O4S. The Morgan fingerprint density at radius 3 is 2.55 bits per heavy atom. The van der Waals surface area contributed by atoms with E-state index in [1.54, 1.807) is 19.2 Å². The molecule has 1 heterocycles. The molecule has 1 fully saturated rings. The number of benzene rings is 2. The number of hydrogen-bond donors (Lipinski definition) is 1. The molecule has 0 aliphatic carbocycles. The fourth-order valence-corrected chi connectivity index (χ4v) is 4.84. The zero-order valence-corrected chi connectivity index (χ0v) is 19.2. The number of rotatable bonds is 7. The first-order valence-corrected chi connectivity index (χ1v) is 12.0. The van der Waals surface area contributed by atoms with E-state index in [1.807, 2.05) is 12.1 Å². The maximum absolute atomic E-state index is 12.8. The fourth-order valence-electron chi connectivity index (χ4n) is 3.89. The third kappa shape index (κ3) is 5.84. The van der Waals surface area contributed by atoms with Crippen molar-refractivity contribution in [2.45, 2.75) is 36.6 Å². The Kier molecular flexibility index (Phi) is 7.69. The van der Waals surface area contributed by atoms with Gasteiger partial charge >= 0.3 is 0 Å². The van der Waals surface area contributed by atoms with Gasteiger partial charge in [0, 0.05) is 25.8 Å². The van der Waals surface area contributed by atoms with Gasteiger partial charge in [-0.15, -0.1) is 0 Å². The monoisotopic (exact) mass is 445 g/mol. The van der Waals surface area contributed by atoms with E-state index in [-0.39, 0.29) is 23.4 Å². The number of anilines is 1. The molecule has 0 aromatic heterocycles. The van der Waals surface area contributed by atoms with Crippen LogP contribution in [-0.4, -0.2) is 57.8 Å². The van der Waals surface area contributed by atoms with Crippen molar-refractivity contribution in [1.29, 1.82) is 0 Å². The molecule has 0 unspecified atom stereocenters. The second kappa shape index (κ2) is 10.3. The summed E-state index contributed by atoms with van der Waals surface area (Å²) in [4.78, 5) is 15.2. The fraction of sp³-hybridized carbons (Fsp3) is 0.435. The number of carbonyl (C=O) groups is 1. The van der Waals surface area contributed by atoms with Crippen molar-refractivity contribution in [1.82, 2.24) is 9.21 Å². The highest BCUT2D eigenvalue weighted by Gasteiger charge is 2.25. The lowest BCUT2D eigenvalue weighted by atomic mass is 10.0. The minimum absolute atomic E-state index is 0.153. The lowest BCUT2D eigenvalue weighted by Crippen LogP contribution is -2.36. The van der Waals surface area contributed by atoms with Crippen LogP contribution >= 0.6 is 0 Å². The van der Waals surface area contributed by atoms with E-state index >= 15 is 0 Å². The van der Waals surface area contributed by atoms with E-state index < -0.39 is 10.0 Å². The first-order chi connectivity index (χ1) is 14.8. The summed E-state index contributed by atoms with van der Waals surface area (Å²) in [5.74, 6) is 0.661. The van der Waals surface area contributed by atoms with Crippen molar-refractivity contribution >= 4 is 21.6 Å². The SMILES string of the molecule is COc1ccc([C@@H]2CCCCCN2CC(=O)Nc2cccc(S(=O)(=O)N(C)C)c2)cc1. The van der Waals surface area contributed by atoms with Gasteiger partial charge in [-0.3, -0.25) is 9.69 Å². The number of nitrogens with one attached hydrogen (secondary N) is 1. The Bertz CT molecular complexity index is 990. The Morgan fingerprint density at radius 1 is 1.13 bits per heavy atom. The second-order valence-electron chi connectivity index (χ2n) is 7.97. The van der Waals surface area contributed by atoms with E-state index in [0.717, 1.165) is 42.3 Å². The molecule has 31 heavy (non-hydrogen) atoms. The van der Waals surface area contributed by atoms with Gasteiger partial charge in [0.25, 0.3) is 0 Å². The Labute approximate surface area is 185 Å². The average Bonchev–Trinajstić information content (AvgIpc) is 2.99. The van der Waals surface area contributed by atoms with Crippen molar-refractivity contribution < 1.29 is 17.9 Å². The van der Waals surface area contributed by atoms with Crippen LogP contribution in [0.2, 0.25) is 0 Å². The minimum atomic E-state index is -3.56. The molecule has 168 valence electrons. The van der Waals surface area contributed by atoms with Crippen LogP contribution in [0.15, 0.2) is 53.4 Å². The lowest BCUT2D eigenvalue weighted by molar-refractivity contribution is -0.117. The molecule has 2 aromatic rings. The van der Waals surface area contributed by atoms with Crippen LogP contribution in [0, 0.1) is 0 Å². The number of nitrogens with zero attached hydrogens (tertiary/aromatic N) is 2. The molecule has 1 aliphatic heterocycles. The second-order valence-corrected chi connectivity index (χ2v) is 10.1. The minimum Gasteiger partial charge on any atom is -0.497 e. The highest BCUT2D eigenvalue weighted by Crippen LogP contribution is 2.31. The number of amides is 1. The van der Waals surface area contributed by atoms with Crippen molar-refractivity contribution in [3.05, 3.63) is 54.1 Å². The Morgan fingerprint density at radius 2 is 1.87 bits per heavy atom. The summed E-state index contributed by atoms with van der Waals surface area (Å²) < 4.78 is 31.2. The summed E-state index contributed by atoms with van der Waals surface area (Å²) in [6.45, 7) is 1.10. The van der Waals surface area contributed by atoms with Crippen LogP contribution in [0.1, 0.15) is 37.3 Å². The first kappa shape index (κ1) is 23.2. The molecule has 0 bridgehead atoms. The van der Waals surface area contributed by atoms with Crippen molar-refractivity contribution in [3.63, 3.8) is 0 Å². The van der Waals surface area contributed by atoms with Crippen LogP contribution < -0.4 is 10.1 Å². The molecule has 1 atom stereocenters. The average molecular weight is 446 g/mol. The molecule has 0 spiro atoms. The molecule has 8 heteroatoms. The zero-order chi connectivity index (χ0) is 22.4. The van der Waals surface area contributed by atoms with Gasteiger partial charge in [-0.25, -0.2) is 12.7 Å². The number of likely N-dealkylation sites (tertiary alicyclic amines) is 1. The Balaban J connectivity index is 1.73. The Hall–Kier alpha value is -2.42. The van der Waals surface area contributed by atoms with E-state index in [1.165, 1.54) is 31.8 Å². The summed E-state index contributed by atoms with van der Waals surface area (Å²) >= 11 is 0. The van der Waals surface area contributed by atoms with Crippen molar-refractivity contribution in [2.75, 3.05) is 39.6 Å². The highest BCUT2D eigenvalue weighted by atomic mass is 32.2. The summed E-state index contributed by atoms with van der Waals surface area (Å²) in [5.41, 5.74) is 1.65. The first-order valence-electron chi connectivity index (χ1n) is 10.5. The highest BCUT2D eigenvalue weighted by molar-refractivity contribution is 7.89. The van der Waals surface area contributed by atoms with Gasteiger partial charge in [-0.1, -0.05) is 31.0 Å². The van der Waals surface area contributed by atoms with Crippen LogP contribution in [0.25, 0.3) is 0 Å². The van der Waals surface area contributed by atoms with Gasteiger partial charge < -0.3 is 10.1 Å². The van der Waals surface area contributed by atoms with Crippen LogP contribution in [-0.2, 0) is 14.8 Å². The number of hydrogen-bond acceptors (Lipinski definition) is 5. The lowest BCUT2D eigenvalue weighted by Gasteiger charge is -2.30. The molecule has 3 rings (SSSR count). The maximum atomic E-state index is 12.8.